The van der Waals surface area contributed by atoms with Crippen LogP contribution < -0.4 is 5.32 Å². The van der Waals surface area contributed by atoms with E-state index >= 15 is 0 Å². The first-order valence-electron chi connectivity index (χ1n) is 7.89. The van der Waals surface area contributed by atoms with E-state index in [0.29, 0.717) is 6.04 Å². The fourth-order valence-corrected chi connectivity index (χ4v) is 2.81. The van der Waals surface area contributed by atoms with Gasteiger partial charge in [-0.25, -0.2) is 0 Å². The molecule has 1 aliphatic rings. The van der Waals surface area contributed by atoms with Crippen molar-refractivity contribution in [2.24, 2.45) is 4.99 Å². The lowest BCUT2D eigenvalue weighted by Crippen LogP contribution is -2.45. The van der Waals surface area contributed by atoms with Crippen LogP contribution in [0.1, 0.15) is 25.3 Å². The fourth-order valence-electron chi connectivity index (χ4n) is 2.59. The summed E-state index contributed by atoms with van der Waals surface area (Å²) in [6, 6.07) is 9.24. The maximum absolute atomic E-state index is 6.04. The minimum atomic E-state index is 0.504. The summed E-state index contributed by atoms with van der Waals surface area (Å²) in [6.45, 7) is 3.95. The summed E-state index contributed by atoms with van der Waals surface area (Å²) in [7, 11) is 6.08. The van der Waals surface area contributed by atoms with Crippen molar-refractivity contribution in [1.82, 2.24) is 15.1 Å². The van der Waals surface area contributed by atoms with Crippen molar-refractivity contribution in [3.63, 3.8) is 0 Å². The zero-order valence-corrected chi connectivity index (χ0v) is 14.8. The number of rotatable bonds is 6. The van der Waals surface area contributed by atoms with Crippen molar-refractivity contribution in [3.8, 4) is 0 Å². The van der Waals surface area contributed by atoms with Gasteiger partial charge < -0.3 is 10.2 Å². The van der Waals surface area contributed by atoms with E-state index in [2.05, 4.69) is 40.1 Å². The molecule has 1 saturated carbocycles. The highest BCUT2D eigenvalue weighted by molar-refractivity contribution is 6.30. The Morgan fingerprint density at radius 1 is 1.41 bits per heavy atom. The van der Waals surface area contributed by atoms with Crippen LogP contribution in [-0.2, 0) is 6.54 Å². The molecule has 1 fully saturated rings. The average Bonchev–Trinajstić information content (AvgIpc) is 3.31. The molecule has 0 saturated heterocycles. The zero-order valence-electron chi connectivity index (χ0n) is 14.0. The van der Waals surface area contributed by atoms with Crippen molar-refractivity contribution in [2.75, 3.05) is 27.7 Å². The molecule has 0 aromatic heterocycles. The quantitative estimate of drug-likeness (QED) is 0.645. The molecule has 0 radical (unpaired) electrons. The van der Waals surface area contributed by atoms with Crippen LogP contribution in [0.4, 0.5) is 0 Å². The molecule has 0 heterocycles. The molecule has 4 nitrogen and oxygen atoms in total. The van der Waals surface area contributed by atoms with Gasteiger partial charge >= 0.3 is 0 Å². The Hall–Kier alpha value is -1.26. The zero-order chi connectivity index (χ0) is 16.1. The second-order valence-electron chi connectivity index (χ2n) is 6.16. The summed E-state index contributed by atoms with van der Waals surface area (Å²) in [4.78, 5) is 8.95. The predicted octanol–water partition coefficient (Wildman–Crippen LogP) is 2.83. The number of aliphatic imine (C=N–C) groups is 1. The van der Waals surface area contributed by atoms with Gasteiger partial charge in [-0.15, -0.1) is 0 Å². The fraction of sp³-hybridized carbons (Fsp3) is 0.588. The van der Waals surface area contributed by atoms with Gasteiger partial charge in [-0.05, 0) is 44.5 Å². The molecule has 2 rings (SSSR count). The minimum Gasteiger partial charge on any atom is -0.355 e. The number of hydrogen-bond acceptors (Lipinski definition) is 2. The van der Waals surface area contributed by atoms with E-state index in [-0.39, 0.29) is 0 Å². The molecule has 1 aliphatic carbocycles. The Balaban J connectivity index is 1.85. The molecular weight excluding hydrogens is 296 g/mol. The number of hydrogen-bond donors (Lipinski definition) is 1. The maximum atomic E-state index is 6.04. The molecular formula is C17H27ClN4. The molecule has 0 aliphatic heterocycles. The van der Waals surface area contributed by atoms with Crippen molar-refractivity contribution in [3.05, 3.63) is 34.9 Å². The monoisotopic (exact) mass is 322 g/mol. The Morgan fingerprint density at radius 3 is 2.73 bits per heavy atom. The van der Waals surface area contributed by atoms with Crippen molar-refractivity contribution < 1.29 is 0 Å². The summed E-state index contributed by atoms with van der Waals surface area (Å²) in [5.41, 5.74) is 1.18. The molecule has 1 aromatic rings. The van der Waals surface area contributed by atoms with Crippen LogP contribution in [0.25, 0.3) is 0 Å². The number of guanidine groups is 1. The van der Waals surface area contributed by atoms with Crippen LogP contribution in [0.3, 0.4) is 0 Å². The highest BCUT2D eigenvalue weighted by atomic mass is 35.5. The third kappa shape index (κ3) is 4.89. The normalized spacial score (nSPS) is 16.7. The second kappa shape index (κ2) is 7.84. The van der Waals surface area contributed by atoms with E-state index < -0.39 is 0 Å². The largest absolute Gasteiger partial charge is 0.355 e. The minimum absolute atomic E-state index is 0.504. The van der Waals surface area contributed by atoms with Crippen molar-refractivity contribution >= 4 is 17.6 Å². The first-order chi connectivity index (χ1) is 10.5. The van der Waals surface area contributed by atoms with Crippen LogP contribution >= 0.6 is 11.6 Å². The maximum Gasteiger partial charge on any atom is 0.193 e. The third-order valence-electron chi connectivity index (χ3n) is 4.26. The number of halogens is 1. The van der Waals surface area contributed by atoms with E-state index in [4.69, 9.17) is 11.6 Å². The van der Waals surface area contributed by atoms with E-state index in [1.807, 2.05) is 32.3 Å². The third-order valence-corrected chi connectivity index (χ3v) is 4.49. The van der Waals surface area contributed by atoms with E-state index in [9.17, 15) is 0 Å². The van der Waals surface area contributed by atoms with Gasteiger partial charge in [0.1, 0.15) is 0 Å². The number of nitrogens with one attached hydrogen (secondary N) is 1. The first kappa shape index (κ1) is 17.1. The smallest absolute Gasteiger partial charge is 0.193 e. The van der Waals surface area contributed by atoms with E-state index in [1.165, 1.54) is 18.4 Å². The van der Waals surface area contributed by atoms with Crippen LogP contribution in [-0.4, -0.2) is 55.5 Å². The standard InChI is InChI=1S/C17H27ClN4/c1-13(22(4)16-8-9-16)11-20-17(19-2)21(3)12-14-6-5-7-15(18)10-14/h5-7,10,13,16H,8-9,11-12H2,1-4H3,(H,19,20). The topological polar surface area (TPSA) is 30.9 Å². The Bertz CT molecular complexity index is 513. The SMILES string of the molecule is CN=C(NCC(C)N(C)C1CC1)N(C)Cc1cccc(Cl)c1. The van der Waals surface area contributed by atoms with Gasteiger partial charge in [-0.1, -0.05) is 23.7 Å². The van der Waals surface area contributed by atoms with Crippen LogP contribution in [0, 0.1) is 0 Å². The number of benzene rings is 1. The van der Waals surface area contributed by atoms with Crippen LogP contribution in [0.15, 0.2) is 29.3 Å². The average molecular weight is 323 g/mol. The molecule has 0 bridgehead atoms. The molecule has 1 atom stereocenters. The van der Waals surface area contributed by atoms with E-state index in [0.717, 1.165) is 30.1 Å². The number of nitrogens with zero attached hydrogens (tertiary/aromatic N) is 3. The van der Waals surface area contributed by atoms with Crippen molar-refractivity contribution in [2.45, 2.75) is 38.4 Å². The molecule has 1 aromatic carbocycles. The summed E-state index contributed by atoms with van der Waals surface area (Å²) < 4.78 is 0. The predicted molar refractivity (Wildman–Crippen MR) is 94.5 cm³/mol. The Labute approximate surface area is 139 Å². The second-order valence-corrected chi connectivity index (χ2v) is 6.60. The molecule has 1 unspecified atom stereocenters. The summed E-state index contributed by atoms with van der Waals surface area (Å²) in [6.07, 6.45) is 2.68. The van der Waals surface area contributed by atoms with Crippen LogP contribution in [0.5, 0.6) is 0 Å². The Kier molecular flexibility index (Phi) is 6.09. The number of likely N-dealkylation sites (N-methyl/N-ethyl adjacent to an activating group) is 1. The molecule has 5 heteroatoms. The summed E-state index contributed by atoms with van der Waals surface area (Å²) in [5, 5.41) is 4.24. The van der Waals surface area contributed by atoms with Gasteiger partial charge in [0, 0.05) is 44.3 Å². The van der Waals surface area contributed by atoms with Gasteiger partial charge in [0.25, 0.3) is 0 Å². The van der Waals surface area contributed by atoms with E-state index in [1.54, 1.807) is 0 Å². The van der Waals surface area contributed by atoms with Gasteiger partial charge in [0.05, 0.1) is 0 Å². The lowest BCUT2D eigenvalue weighted by molar-refractivity contribution is 0.246. The van der Waals surface area contributed by atoms with Crippen molar-refractivity contribution in [1.29, 1.82) is 0 Å². The van der Waals surface area contributed by atoms with Gasteiger partial charge in [-0.3, -0.25) is 9.89 Å². The summed E-state index contributed by atoms with van der Waals surface area (Å²) in [5.74, 6) is 0.913. The van der Waals surface area contributed by atoms with Gasteiger partial charge in [0.2, 0.25) is 0 Å². The molecule has 22 heavy (non-hydrogen) atoms. The summed E-state index contributed by atoms with van der Waals surface area (Å²) >= 11 is 6.04. The first-order valence-corrected chi connectivity index (χ1v) is 8.27. The molecule has 1 N–H and O–H groups in total. The van der Waals surface area contributed by atoms with Gasteiger partial charge in [-0.2, -0.15) is 0 Å². The van der Waals surface area contributed by atoms with Crippen LogP contribution in [0.2, 0.25) is 5.02 Å². The highest BCUT2D eigenvalue weighted by Gasteiger charge is 2.29. The molecule has 0 amide bonds. The lowest BCUT2D eigenvalue weighted by Gasteiger charge is -2.28. The molecule has 122 valence electrons. The van der Waals surface area contributed by atoms with Gasteiger partial charge in [0.15, 0.2) is 5.96 Å². The lowest BCUT2D eigenvalue weighted by atomic mass is 10.2. The Morgan fingerprint density at radius 2 is 2.14 bits per heavy atom. The highest BCUT2D eigenvalue weighted by Crippen LogP contribution is 2.26. The molecule has 0 spiro atoms.